The van der Waals surface area contributed by atoms with Crippen LogP contribution in [0.25, 0.3) is 0 Å². The van der Waals surface area contributed by atoms with Crippen molar-refractivity contribution in [3.8, 4) is 0 Å². The normalized spacial score (nSPS) is 16.2. The smallest absolute Gasteiger partial charge is 0.227 e. The first-order valence-corrected chi connectivity index (χ1v) is 6.32. The monoisotopic (exact) mass is 303 g/mol. The van der Waals surface area contributed by atoms with Crippen LogP contribution in [0.1, 0.15) is 25.7 Å². The van der Waals surface area contributed by atoms with Crippen molar-refractivity contribution in [3.05, 3.63) is 28.2 Å². The van der Waals surface area contributed by atoms with E-state index in [0.29, 0.717) is 0 Å². The molecule has 0 spiro atoms. The van der Waals surface area contributed by atoms with Crippen LogP contribution in [0.4, 0.5) is 14.5 Å². The van der Waals surface area contributed by atoms with Gasteiger partial charge < -0.3 is 5.32 Å². The van der Waals surface area contributed by atoms with Crippen molar-refractivity contribution in [2.45, 2.75) is 25.7 Å². The Morgan fingerprint density at radius 1 is 1.24 bits per heavy atom. The van der Waals surface area contributed by atoms with Gasteiger partial charge in [-0.1, -0.05) is 12.8 Å². The van der Waals surface area contributed by atoms with Crippen molar-refractivity contribution >= 4 is 27.5 Å². The fraction of sp³-hybridized carbons (Fsp3) is 0.417. The van der Waals surface area contributed by atoms with Crippen LogP contribution < -0.4 is 5.32 Å². The number of benzene rings is 1. The predicted molar refractivity (Wildman–Crippen MR) is 64.6 cm³/mol. The van der Waals surface area contributed by atoms with Gasteiger partial charge in [-0.2, -0.15) is 0 Å². The van der Waals surface area contributed by atoms with Gasteiger partial charge in [-0.3, -0.25) is 4.79 Å². The molecule has 0 bridgehead atoms. The van der Waals surface area contributed by atoms with Crippen molar-refractivity contribution in [2.75, 3.05) is 5.32 Å². The van der Waals surface area contributed by atoms with Crippen molar-refractivity contribution in [1.29, 1.82) is 0 Å². The highest BCUT2D eigenvalue weighted by Crippen LogP contribution is 2.28. The maximum Gasteiger partial charge on any atom is 0.227 e. The molecule has 0 radical (unpaired) electrons. The Hall–Kier alpha value is -0.970. The van der Waals surface area contributed by atoms with Gasteiger partial charge in [0.25, 0.3) is 0 Å². The molecule has 1 aliphatic carbocycles. The van der Waals surface area contributed by atoms with Crippen LogP contribution in [-0.2, 0) is 4.79 Å². The Kier molecular flexibility index (Phi) is 3.76. The zero-order valence-corrected chi connectivity index (χ0v) is 10.7. The Morgan fingerprint density at radius 2 is 1.88 bits per heavy atom. The number of rotatable bonds is 2. The van der Waals surface area contributed by atoms with Crippen LogP contribution in [0, 0.1) is 17.6 Å². The molecule has 1 saturated carbocycles. The Morgan fingerprint density at radius 3 is 2.53 bits per heavy atom. The van der Waals surface area contributed by atoms with Gasteiger partial charge in [0.05, 0.1) is 10.2 Å². The molecular formula is C12H12BrF2NO. The van der Waals surface area contributed by atoms with E-state index in [4.69, 9.17) is 0 Å². The molecule has 2 rings (SSSR count). The highest BCUT2D eigenvalue weighted by Gasteiger charge is 2.23. The first-order valence-electron chi connectivity index (χ1n) is 5.53. The van der Waals surface area contributed by atoms with Crippen LogP contribution in [0.5, 0.6) is 0 Å². The third kappa shape index (κ3) is 2.83. The second-order valence-electron chi connectivity index (χ2n) is 4.22. The van der Waals surface area contributed by atoms with Crippen molar-refractivity contribution in [3.63, 3.8) is 0 Å². The lowest BCUT2D eigenvalue weighted by Gasteiger charge is -2.11. The van der Waals surface area contributed by atoms with Crippen LogP contribution in [0.15, 0.2) is 16.6 Å². The summed E-state index contributed by atoms with van der Waals surface area (Å²) in [7, 11) is 0. The average molecular weight is 304 g/mol. The second kappa shape index (κ2) is 5.12. The third-order valence-corrected chi connectivity index (χ3v) is 3.60. The summed E-state index contributed by atoms with van der Waals surface area (Å²) in [6, 6.07) is 2.01. The van der Waals surface area contributed by atoms with Gasteiger partial charge in [0, 0.05) is 12.0 Å². The molecule has 0 aromatic heterocycles. The maximum atomic E-state index is 13.5. The summed E-state index contributed by atoms with van der Waals surface area (Å²) in [5, 5.41) is 2.45. The van der Waals surface area contributed by atoms with Crippen LogP contribution >= 0.6 is 15.9 Å². The Labute approximate surface area is 107 Å². The molecular weight excluding hydrogens is 292 g/mol. The SMILES string of the molecule is O=C(Nc1cc(F)c(Br)cc1F)C1CCCC1. The molecule has 5 heteroatoms. The largest absolute Gasteiger partial charge is 0.323 e. The van der Waals surface area contributed by atoms with E-state index < -0.39 is 11.6 Å². The van der Waals surface area contributed by atoms with E-state index in [-0.39, 0.29) is 22.0 Å². The van der Waals surface area contributed by atoms with Crippen LogP contribution in [-0.4, -0.2) is 5.91 Å². The fourth-order valence-electron chi connectivity index (χ4n) is 2.04. The summed E-state index contributed by atoms with van der Waals surface area (Å²) < 4.78 is 26.7. The Balaban J connectivity index is 2.12. The highest BCUT2D eigenvalue weighted by atomic mass is 79.9. The van der Waals surface area contributed by atoms with Gasteiger partial charge in [0.15, 0.2) is 0 Å². The lowest BCUT2D eigenvalue weighted by atomic mass is 10.1. The average Bonchev–Trinajstić information content (AvgIpc) is 2.79. The van der Waals surface area contributed by atoms with Gasteiger partial charge >= 0.3 is 0 Å². The molecule has 0 heterocycles. The third-order valence-electron chi connectivity index (χ3n) is 2.99. The summed E-state index contributed by atoms with van der Waals surface area (Å²) in [6.45, 7) is 0. The molecule has 0 saturated heterocycles. The number of hydrogen-bond acceptors (Lipinski definition) is 1. The molecule has 1 amide bonds. The minimum atomic E-state index is -0.635. The van der Waals surface area contributed by atoms with Crippen molar-refractivity contribution in [2.24, 2.45) is 5.92 Å². The molecule has 0 unspecified atom stereocenters. The maximum absolute atomic E-state index is 13.5. The van der Waals surface area contributed by atoms with E-state index in [0.717, 1.165) is 37.8 Å². The minimum absolute atomic E-state index is 0.0499. The zero-order chi connectivity index (χ0) is 12.4. The fourth-order valence-corrected chi connectivity index (χ4v) is 2.36. The molecule has 2 nitrogen and oxygen atoms in total. The van der Waals surface area contributed by atoms with E-state index in [1.807, 2.05) is 0 Å². The summed E-state index contributed by atoms with van der Waals surface area (Å²) in [6.07, 6.45) is 3.70. The number of hydrogen-bond donors (Lipinski definition) is 1. The van der Waals surface area contributed by atoms with E-state index in [1.54, 1.807) is 0 Å². The number of carbonyl (C=O) groups excluding carboxylic acids is 1. The lowest BCUT2D eigenvalue weighted by Crippen LogP contribution is -2.21. The van der Waals surface area contributed by atoms with E-state index in [9.17, 15) is 13.6 Å². The first kappa shape index (κ1) is 12.5. The van der Waals surface area contributed by atoms with E-state index >= 15 is 0 Å². The molecule has 0 atom stereocenters. The summed E-state index contributed by atoms with van der Waals surface area (Å²) in [4.78, 5) is 11.8. The van der Waals surface area contributed by atoms with E-state index in [1.165, 1.54) is 0 Å². The molecule has 1 aliphatic rings. The topological polar surface area (TPSA) is 29.1 Å². The molecule has 1 fully saturated rings. The van der Waals surface area contributed by atoms with Crippen molar-refractivity contribution < 1.29 is 13.6 Å². The molecule has 0 aliphatic heterocycles. The van der Waals surface area contributed by atoms with Crippen LogP contribution in [0.2, 0.25) is 0 Å². The van der Waals surface area contributed by atoms with Gasteiger partial charge in [-0.25, -0.2) is 8.78 Å². The number of amides is 1. The van der Waals surface area contributed by atoms with Gasteiger partial charge in [-0.15, -0.1) is 0 Å². The second-order valence-corrected chi connectivity index (χ2v) is 5.07. The molecule has 17 heavy (non-hydrogen) atoms. The summed E-state index contributed by atoms with van der Waals surface area (Å²) in [5.74, 6) is -1.51. The summed E-state index contributed by atoms with van der Waals surface area (Å²) in [5.41, 5.74) is -0.0948. The van der Waals surface area contributed by atoms with Gasteiger partial charge in [0.1, 0.15) is 11.6 Å². The number of nitrogens with one attached hydrogen (secondary N) is 1. The predicted octanol–water partition coefficient (Wildman–Crippen LogP) is 3.86. The van der Waals surface area contributed by atoms with Gasteiger partial charge in [-0.05, 0) is 34.8 Å². The number of halogens is 3. The Bertz CT molecular complexity index is 444. The summed E-state index contributed by atoms with van der Waals surface area (Å²) >= 11 is 2.88. The molecule has 92 valence electrons. The van der Waals surface area contributed by atoms with Crippen LogP contribution in [0.3, 0.4) is 0 Å². The lowest BCUT2D eigenvalue weighted by molar-refractivity contribution is -0.119. The number of carbonyl (C=O) groups is 1. The highest BCUT2D eigenvalue weighted by molar-refractivity contribution is 9.10. The minimum Gasteiger partial charge on any atom is -0.323 e. The zero-order valence-electron chi connectivity index (χ0n) is 9.10. The van der Waals surface area contributed by atoms with Gasteiger partial charge in [0.2, 0.25) is 5.91 Å². The number of anilines is 1. The first-order chi connectivity index (χ1) is 8.08. The molecule has 1 aromatic rings. The quantitative estimate of drug-likeness (QED) is 0.826. The standard InChI is InChI=1S/C12H12BrF2NO/c13-8-5-10(15)11(6-9(8)14)16-12(17)7-3-1-2-4-7/h5-7H,1-4H2,(H,16,17). The van der Waals surface area contributed by atoms with Crippen molar-refractivity contribution in [1.82, 2.24) is 0 Å². The molecule has 1 N–H and O–H groups in total. The van der Waals surface area contributed by atoms with E-state index in [2.05, 4.69) is 21.2 Å². The molecule has 1 aromatic carbocycles.